The molecule has 0 amide bonds. The van der Waals surface area contributed by atoms with Gasteiger partial charge in [-0.25, -0.2) is 0 Å². The molecule has 0 aliphatic heterocycles. The third-order valence-corrected chi connectivity index (χ3v) is 2.60. The maximum atomic E-state index is 11.0. The second-order valence-corrected chi connectivity index (χ2v) is 3.95. The number of halogens is 1. The van der Waals surface area contributed by atoms with Crippen LogP contribution in [0, 0.1) is 0 Å². The van der Waals surface area contributed by atoms with Gasteiger partial charge in [0.1, 0.15) is 12.1 Å². The molecule has 6 nitrogen and oxygen atoms in total. The summed E-state index contributed by atoms with van der Waals surface area (Å²) in [5, 5.41) is 3.75. The lowest BCUT2D eigenvalue weighted by molar-refractivity contribution is -0.140. The summed E-state index contributed by atoms with van der Waals surface area (Å²) >= 11 is 3.33. The number of esters is 1. The Hall–Kier alpha value is -1.76. The van der Waals surface area contributed by atoms with Gasteiger partial charge in [0.15, 0.2) is 0 Å². The molecule has 0 fully saturated rings. The Kier molecular flexibility index (Phi) is 3.48. The van der Waals surface area contributed by atoms with Gasteiger partial charge in [-0.15, -0.1) is 0 Å². The van der Waals surface area contributed by atoms with E-state index in [1.165, 1.54) is 7.11 Å². The highest BCUT2D eigenvalue weighted by Gasteiger charge is 2.15. The highest BCUT2D eigenvalue weighted by Crippen LogP contribution is 2.22. The first-order chi connectivity index (χ1) is 8.20. The Labute approximate surface area is 105 Å². The molecule has 0 saturated heterocycles. The van der Waals surface area contributed by atoms with Gasteiger partial charge in [-0.2, -0.15) is 4.98 Å². The monoisotopic (exact) mass is 297 g/mol. The molecule has 0 aliphatic rings. The van der Waals surface area contributed by atoms with Crippen molar-refractivity contribution in [3.63, 3.8) is 0 Å². The Morgan fingerprint density at radius 3 is 3.12 bits per heavy atom. The number of ether oxygens (including phenoxy) is 1. The van der Waals surface area contributed by atoms with Crippen molar-refractivity contribution in [1.82, 2.24) is 15.1 Å². The smallest absolute Gasteiger partial charge is 0.315 e. The van der Waals surface area contributed by atoms with E-state index in [2.05, 4.69) is 35.8 Å². The third kappa shape index (κ3) is 2.68. The lowest BCUT2D eigenvalue weighted by atomic mass is 10.3. The van der Waals surface area contributed by atoms with Crippen LogP contribution in [-0.2, 0) is 16.0 Å². The summed E-state index contributed by atoms with van der Waals surface area (Å²) in [6.45, 7) is 0. The number of hydrogen-bond donors (Lipinski definition) is 0. The van der Waals surface area contributed by atoms with Crippen molar-refractivity contribution in [3.8, 4) is 11.5 Å². The van der Waals surface area contributed by atoms with E-state index in [1.54, 1.807) is 12.3 Å². The van der Waals surface area contributed by atoms with Crippen LogP contribution in [0.15, 0.2) is 27.3 Å². The summed E-state index contributed by atoms with van der Waals surface area (Å²) in [5.74, 6) is 0.0982. The van der Waals surface area contributed by atoms with Crippen LogP contribution in [-0.4, -0.2) is 28.2 Å². The van der Waals surface area contributed by atoms with Gasteiger partial charge in [-0.3, -0.25) is 9.78 Å². The van der Waals surface area contributed by atoms with Crippen molar-refractivity contribution in [1.29, 1.82) is 0 Å². The van der Waals surface area contributed by atoms with E-state index in [-0.39, 0.29) is 12.3 Å². The first-order valence-electron chi connectivity index (χ1n) is 4.71. The molecular weight excluding hydrogens is 290 g/mol. The number of aromatic nitrogens is 3. The average Bonchev–Trinajstić information content (AvgIpc) is 2.78. The van der Waals surface area contributed by atoms with E-state index >= 15 is 0 Å². The minimum absolute atomic E-state index is 0.0477. The van der Waals surface area contributed by atoms with Gasteiger partial charge in [0, 0.05) is 10.7 Å². The minimum atomic E-state index is -0.430. The fourth-order valence-corrected chi connectivity index (χ4v) is 1.60. The second-order valence-electron chi connectivity index (χ2n) is 3.10. The van der Waals surface area contributed by atoms with Gasteiger partial charge in [0.05, 0.1) is 7.11 Å². The van der Waals surface area contributed by atoms with Crippen molar-refractivity contribution in [2.75, 3.05) is 7.11 Å². The third-order valence-electron chi connectivity index (χ3n) is 1.96. The molecule has 0 N–H and O–H groups in total. The van der Waals surface area contributed by atoms with Gasteiger partial charge in [-0.05, 0) is 28.1 Å². The number of methoxy groups -OCH3 is 1. The fraction of sp³-hybridized carbons (Fsp3) is 0.200. The lowest BCUT2D eigenvalue weighted by Crippen LogP contribution is -2.04. The molecule has 2 rings (SSSR count). The van der Waals surface area contributed by atoms with Crippen molar-refractivity contribution < 1.29 is 14.1 Å². The summed E-state index contributed by atoms with van der Waals surface area (Å²) in [4.78, 5) is 19.2. The first-order valence-corrected chi connectivity index (χ1v) is 5.50. The van der Waals surface area contributed by atoms with Crippen LogP contribution in [0.1, 0.15) is 5.89 Å². The summed E-state index contributed by atoms with van der Waals surface area (Å²) in [6, 6.07) is 3.60. The molecule has 2 aromatic heterocycles. The molecule has 88 valence electrons. The molecule has 0 aromatic carbocycles. The number of carbonyl (C=O) groups excluding carboxylic acids is 1. The van der Waals surface area contributed by atoms with Crippen LogP contribution in [0.2, 0.25) is 0 Å². The summed E-state index contributed by atoms with van der Waals surface area (Å²) in [7, 11) is 1.30. The van der Waals surface area contributed by atoms with E-state index in [1.807, 2.05) is 6.07 Å². The largest absolute Gasteiger partial charge is 0.469 e. The van der Waals surface area contributed by atoms with Crippen LogP contribution < -0.4 is 0 Å². The second kappa shape index (κ2) is 5.05. The Balaban J connectivity index is 2.24. The summed E-state index contributed by atoms with van der Waals surface area (Å²) in [6.07, 6.45) is 1.57. The highest BCUT2D eigenvalue weighted by atomic mass is 79.9. The molecule has 0 atom stereocenters. The topological polar surface area (TPSA) is 78.1 Å². The van der Waals surface area contributed by atoms with Gasteiger partial charge >= 0.3 is 5.97 Å². The molecule has 0 aliphatic carbocycles. The lowest BCUT2D eigenvalue weighted by Gasteiger charge is -1.95. The summed E-state index contributed by atoms with van der Waals surface area (Å²) < 4.78 is 10.2. The first kappa shape index (κ1) is 11.7. The zero-order valence-electron chi connectivity index (χ0n) is 8.88. The van der Waals surface area contributed by atoms with Crippen LogP contribution in [0.4, 0.5) is 0 Å². The SMILES string of the molecule is COC(=O)Cc1nc(-c2ncccc2Br)no1. The highest BCUT2D eigenvalue weighted by molar-refractivity contribution is 9.10. The molecule has 2 aromatic rings. The molecule has 7 heteroatoms. The number of pyridine rings is 1. The van der Waals surface area contributed by atoms with Gasteiger partial charge in [0.25, 0.3) is 0 Å². The standard InChI is InChI=1S/C10H8BrN3O3/c1-16-8(15)5-7-13-10(14-17-7)9-6(11)3-2-4-12-9/h2-4H,5H2,1H3. The van der Waals surface area contributed by atoms with E-state index in [0.29, 0.717) is 11.5 Å². The molecule has 0 radical (unpaired) electrons. The molecule has 2 heterocycles. The quantitative estimate of drug-likeness (QED) is 0.801. The number of hydrogen-bond acceptors (Lipinski definition) is 6. The number of rotatable bonds is 3. The maximum Gasteiger partial charge on any atom is 0.315 e. The van der Waals surface area contributed by atoms with Crippen molar-refractivity contribution >= 4 is 21.9 Å². The molecule has 0 saturated carbocycles. The molecule has 0 spiro atoms. The fourth-order valence-electron chi connectivity index (χ4n) is 1.17. The van der Waals surface area contributed by atoms with Crippen molar-refractivity contribution in [3.05, 3.63) is 28.7 Å². The summed E-state index contributed by atoms with van der Waals surface area (Å²) in [5.41, 5.74) is 0.562. The molecule has 0 unspecified atom stereocenters. The van der Waals surface area contributed by atoms with E-state index < -0.39 is 5.97 Å². The maximum absolute atomic E-state index is 11.0. The predicted octanol–water partition coefficient (Wildman–Crippen LogP) is 1.61. The van der Waals surface area contributed by atoms with Gasteiger partial charge < -0.3 is 9.26 Å². The van der Waals surface area contributed by atoms with Crippen LogP contribution >= 0.6 is 15.9 Å². The minimum Gasteiger partial charge on any atom is -0.469 e. The zero-order chi connectivity index (χ0) is 12.3. The zero-order valence-corrected chi connectivity index (χ0v) is 10.5. The Morgan fingerprint density at radius 1 is 1.59 bits per heavy atom. The normalized spacial score (nSPS) is 10.2. The van der Waals surface area contributed by atoms with Crippen LogP contribution in [0.25, 0.3) is 11.5 Å². The Morgan fingerprint density at radius 2 is 2.41 bits per heavy atom. The number of nitrogens with zero attached hydrogens (tertiary/aromatic N) is 3. The van der Waals surface area contributed by atoms with Crippen molar-refractivity contribution in [2.45, 2.75) is 6.42 Å². The van der Waals surface area contributed by atoms with Crippen LogP contribution in [0.5, 0.6) is 0 Å². The number of carbonyl (C=O) groups is 1. The molecular formula is C10H8BrN3O3. The van der Waals surface area contributed by atoms with E-state index in [4.69, 9.17) is 4.52 Å². The molecule has 17 heavy (non-hydrogen) atoms. The predicted molar refractivity (Wildman–Crippen MR) is 60.9 cm³/mol. The van der Waals surface area contributed by atoms with Crippen LogP contribution in [0.3, 0.4) is 0 Å². The van der Waals surface area contributed by atoms with Gasteiger partial charge in [0.2, 0.25) is 11.7 Å². The van der Waals surface area contributed by atoms with E-state index in [0.717, 1.165) is 4.47 Å². The molecule has 0 bridgehead atoms. The Bertz CT molecular complexity index is 541. The van der Waals surface area contributed by atoms with Crippen molar-refractivity contribution in [2.24, 2.45) is 0 Å². The van der Waals surface area contributed by atoms with Gasteiger partial charge in [-0.1, -0.05) is 5.16 Å². The average molecular weight is 298 g/mol. The van der Waals surface area contributed by atoms with E-state index in [9.17, 15) is 4.79 Å².